The van der Waals surface area contributed by atoms with Crippen LogP contribution >= 0.6 is 23.1 Å². The standard InChI is InChI=1S/C22H19N3O3S2/c1-28-17-9-5-6-15(12-17)13-23-19(26)14-30-22-24-18-10-11-29-20(18)21(27)25(22)16-7-3-2-4-8-16/h2-12H,13-14H2,1H3,(H,23,26). The van der Waals surface area contributed by atoms with E-state index in [1.807, 2.05) is 66.0 Å². The highest BCUT2D eigenvalue weighted by molar-refractivity contribution is 7.99. The summed E-state index contributed by atoms with van der Waals surface area (Å²) in [6, 6.07) is 18.7. The van der Waals surface area contributed by atoms with Crippen molar-refractivity contribution in [2.45, 2.75) is 11.7 Å². The van der Waals surface area contributed by atoms with Crippen LogP contribution in [0.25, 0.3) is 15.9 Å². The van der Waals surface area contributed by atoms with Crippen LogP contribution in [0.3, 0.4) is 0 Å². The van der Waals surface area contributed by atoms with E-state index in [2.05, 4.69) is 10.3 Å². The molecule has 2 heterocycles. The predicted molar refractivity (Wildman–Crippen MR) is 121 cm³/mol. The number of nitrogens with zero attached hydrogens (tertiary/aromatic N) is 2. The molecule has 2 aromatic carbocycles. The summed E-state index contributed by atoms with van der Waals surface area (Å²) in [6.45, 7) is 0.402. The lowest BCUT2D eigenvalue weighted by molar-refractivity contribution is -0.118. The summed E-state index contributed by atoms with van der Waals surface area (Å²) in [5, 5.41) is 5.24. The summed E-state index contributed by atoms with van der Waals surface area (Å²) >= 11 is 2.61. The number of nitrogens with one attached hydrogen (secondary N) is 1. The van der Waals surface area contributed by atoms with E-state index in [1.165, 1.54) is 23.1 Å². The molecule has 0 saturated heterocycles. The van der Waals surface area contributed by atoms with Crippen LogP contribution in [0.4, 0.5) is 0 Å². The van der Waals surface area contributed by atoms with Crippen molar-refractivity contribution in [1.82, 2.24) is 14.9 Å². The van der Waals surface area contributed by atoms with Gasteiger partial charge in [0.1, 0.15) is 10.4 Å². The van der Waals surface area contributed by atoms with Crippen molar-refractivity contribution in [3.05, 3.63) is 82.0 Å². The van der Waals surface area contributed by atoms with Crippen molar-refractivity contribution >= 4 is 39.2 Å². The molecular weight excluding hydrogens is 418 g/mol. The van der Waals surface area contributed by atoms with Gasteiger partial charge in [0.2, 0.25) is 5.91 Å². The maximum atomic E-state index is 13.0. The van der Waals surface area contributed by atoms with Gasteiger partial charge in [0.05, 0.1) is 24.1 Å². The molecule has 8 heteroatoms. The van der Waals surface area contributed by atoms with Crippen LogP contribution in [0.2, 0.25) is 0 Å². The number of amides is 1. The number of thioether (sulfide) groups is 1. The molecule has 4 rings (SSSR count). The van der Waals surface area contributed by atoms with Gasteiger partial charge in [-0.15, -0.1) is 11.3 Å². The fourth-order valence-corrected chi connectivity index (χ4v) is 4.56. The van der Waals surface area contributed by atoms with E-state index in [0.717, 1.165) is 17.0 Å². The average molecular weight is 438 g/mol. The molecule has 0 saturated carbocycles. The van der Waals surface area contributed by atoms with Crippen molar-refractivity contribution in [1.29, 1.82) is 0 Å². The van der Waals surface area contributed by atoms with Crippen LogP contribution in [0, 0.1) is 0 Å². The van der Waals surface area contributed by atoms with Gasteiger partial charge in [-0.2, -0.15) is 0 Å². The number of ether oxygens (including phenoxy) is 1. The van der Waals surface area contributed by atoms with Crippen molar-refractivity contribution in [3.63, 3.8) is 0 Å². The van der Waals surface area contributed by atoms with Crippen molar-refractivity contribution in [2.75, 3.05) is 12.9 Å². The zero-order valence-corrected chi connectivity index (χ0v) is 17.8. The Labute approximate surface area is 181 Å². The quantitative estimate of drug-likeness (QED) is 0.351. The Bertz CT molecular complexity index is 1240. The summed E-state index contributed by atoms with van der Waals surface area (Å²) < 4.78 is 7.38. The molecule has 0 radical (unpaired) electrons. The van der Waals surface area contributed by atoms with Gasteiger partial charge >= 0.3 is 0 Å². The Morgan fingerprint density at radius 1 is 1.17 bits per heavy atom. The number of aromatic nitrogens is 2. The molecule has 1 N–H and O–H groups in total. The van der Waals surface area contributed by atoms with Crippen LogP contribution in [-0.4, -0.2) is 28.3 Å². The number of fused-ring (bicyclic) bond motifs is 1. The third-order valence-corrected chi connectivity index (χ3v) is 6.25. The molecule has 0 unspecified atom stereocenters. The zero-order valence-electron chi connectivity index (χ0n) is 16.2. The molecule has 0 bridgehead atoms. The molecule has 152 valence electrons. The largest absolute Gasteiger partial charge is 0.497 e. The number of thiophene rings is 1. The van der Waals surface area contributed by atoms with Crippen LogP contribution in [-0.2, 0) is 11.3 Å². The second-order valence-corrected chi connectivity index (χ2v) is 8.28. The molecule has 0 aliphatic rings. The molecule has 0 spiro atoms. The maximum Gasteiger partial charge on any atom is 0.276 e. The third kappa shape index (κ3) is 4.39. The van der Waals surface area contributed by atoms with Crippen LogP contribution in [0.15, 0.2) is 76.0 Å². The van der Waals surface area contributed by atoms with E-state index in [1.54, 1.807) is 11.7 Å². The summed E-state index contributed by atoms with van der Waals surface area (Å²) in [5.41, 5.74) is 2.20. The molecule has 4 aromatic rings. The highest BCUT2D eigenvalue weighted by Gasteiger charge is 2.15. The summed E-state index contributed by atoms with van der Waals surface area (Å²) in [5.74, 6) is 0.761. The molecular formula is C22H19N3O3S2. The van der Waals surface area contributed by atoms with Crippen LogP contribution in [0.5, 0.6) is 5.75 Å². The van der Waals surface area contributed by atoms with Crippen molar-refractivity contribution < 1.29 is 9.53 Å². The van der Waals surface area contributed by atoms with Gasteiger partial charge in [-0.3, -0.25) is 14.2 Å². The zero-order chi connectivity index (χ0) is 20.9. The van der Waals surface area contributed by atoms with Gasteiger partial charge in [0.25, 0.3) is 5.56 Å². The first kappa shape index (κ1) is 20.2. The van der Waals surface area contributed by atoms with E-state index in [0.29, 0.717) is 21.9 Å². The van der Waals surface area contributed by atoms with Crippen LogP contribution in [0.1, 0.15) is 5.56 Å². The number of methoxy groups -OCH3 is 1. The minimum atomic E-state index is -0.137. The molecule has 0 fully saturated rings. The van der Waals surface area contributed by atoms with Gasteiger partial charge in [0.15, 0.2) is 5.16 Å². The van der Waals surface area contributed by atoms with Crippen molar-refractivity contribution in [3.8, 4) is 11.4 Å². The van der Waals surface area contributed by atoms with Crippen molar-refractivity contribution in [2.24, 2.45) is 0 Å². The number of carbonyl (C=O) groups excluding carboxylic acids is 1. The molecule has 0 atom stereocenters. The van der Waals surface area contributed by atoms with E-state index >= 15 is 0 Å². The first-order chi connectivity index (χ1) is 14.7. The van der Waals surface area contributed by atoms with E-state index in [9.17, 15) is 9.59 Å². The van der Waals surface area contributed by atoms with Crippen LogP contribution < -0.4 is 15.6 Å². The lowest BCUT2D eigenvalue weighted by atomic mass is 10.2. The molecule has 0 aliphatic carbocycles. The molecule has 30 heavy (non-hydrogen) atoms. The monoisotopic (exact) mass is 437 g/mol. The summed E-state index contributed by atoms with van der Waals surface area (Å²) in [4.78, 5) is 30.1. The van der Waals surface area contributed by atoms with Gasteiger partial charge in [0, 0.05) is 6.54 Å². The van der Waals surface area contributed by atoms with Gasteiger partial charge in [-0.05, 0) is 41.3 Å². The first-order valence-electron chi connectivity index (χ1n) is 9.24. The third-order valence-electron chi connectivity index (χ3n) is 4.42. The Morgan fingerprint density at radius 2 is 2.00 bits per heavy atom. The Kier molecular flexibility index (Phi) is 6.15. The fourth-order valence-electron chi connectivity index (χ4n) is 2.96. The Balaban J connectivity index is 1.52. The number of benzene rings is 2. The molecule has 1 amide bonds. The van der Waals surface area contributed by atoms with Gasteiger partial charge in [-0.1, -0.05) is 42.1 Å². The normalized spacial score (nSPS) is 10.8. The number of carbonyl (C=O) groups is 1. The minimum absolute atomic E-state index is 0.125. The molecule has 2 aromatic heterocycles. The highest BCUT2D eigenvalue weighted by Crippen LogP contribution is 2.23. The number of rotatable bonds is 7. The predicted octanol–water partition coefficient (Wildman–Crippen LogP) is 3.86. The average Bonchev–Trinajstić information content (AvgIpc) is 3.26. The number of hydrogen-bond donors (Lipinski definition) is 1. The Hall–Kier alpha value is -3.10. The molecule has 6 nitrogen and oxygen atoms in total. The van der Waals surface area contributed by atoms with E-state index in [-0.39, 0.29) is 17.2 Å². The topological polar surface area (TPSA) is 73.2 Å². The van der Waals surface area contributed by atoms with E-state index < -0.39 is 0 Å². The number of para-hydroxylation sites is 1. The second kappa shape index (κ2) is 9.15. The van der Waals surface area contributed by atoms with E-state index in [4.69, 9.17) is 4.74 Å². The lowest BCUT2D eigenvalue weighted by Crippen LogP contribution is -2.26. The van der Waals surface area contributed by atoms with Gasteiger partial charge < -0.3 is 10.1 Å². The second-order valence-electron chi connectivity index (χ2n) is 6.42. The lowest BCUT2D eigenvalue weighted by Gasteiger charge is -2.12. The SMILES string of the molecule is COc1cccc(CNC(=O)CSc2nc3ccsc3c(=O)n2-c2ccccc2)c1. The minimum Gasteiger partial charge on any atom is -0.497 e. The maximum absolute atomic E-state index is 13.0. The van der Waals surface area contributed by atoms with Gasteiger partial charge in [-0.25, -0.2) is 4.98 Å². The highest BCUT2D eigenvalue weighted by atomic mass is 32.2. The first-order valence-corrected chi connectivity index (χ1v) is 11.1. The fraction of sp³-hybridized carbons (Fsp3) is 0.136. The summed E-state index contributed by atoms with van der Waals surface area (Å²) in [6.07, 6.45) is 0. The number of hydrogen-bond acceptors (Lipinski definition) is 6. The smallest absolute Gasteiger partial charge is 0.276 e. The molecule has 0 aliphatic heterocycles. The Morgan fingerprint density at radius 3 is 2.80 bits per heavy atom. The summed E-state index contributed by atoms with van der Waals surface area (Å²) in [7, 11) is 1.61.